The molecule has 0 aromatic heterocycles. The molecule has 35 heavy (non-hydrogen) atoms. The van der Waals surface area contributed by atoms with Crippen molar-refractivity contribution in [3.05, 3.63) is 0 Å². The maximum Gasteiger partial charge on any atom is 0.129 e. The number of rotatable bonds is 30. The van der Waals surface area contributed by atoms with Gasteiger partial charge in [-0.2, -0.15) is 0 Å². The van der Waals surface area contributed by atoms with Crippen molar-refractivity contribution in [2.75, 3.05) is 26.4 Å². The summed E-state index contributed by atoms with van der Waals surface area (Å²) < 4.78 is 11.9. The lowest BCUT2D eigenvalue weighted by Gasteiger charge is -2.14. The molecular formula is C31H66BrNO2. The molecule has 1 unspecified atom stereocenters. The standard InChI is InChI=1S/C31H65NO2.BrH/c1-3-5-7-9-11-13-15-17-19-21-23-25-27-33-30-31(29-32)34-28-26-24-22-20-18-16-14-12-10-8-6-4-2;/h31H,3-30,32H2,1-2H3;1H. The minimum atomic E-state index is 0. The second kappa shape index (κ2) is 34.4. The van der Waals surface area contributed by atoms with Gasteiger partial charge >= 0.3 is 0 Å². The second-order valence-electron chi connectivity index (χ2n) is 10.6. The van der Waals surface area contributed by atoms with Crippen molar-refractivity contribution in [3.8, 4) is 0 Å². The number of hydrogen-bond donors (Lipinski definition) is 1. The largest absolute Gasteiger partial charge is 1.00 e. The summed E-state index contributed by atoms with van der Waals surface area (Å²) in [5.41, 5.74) is 4.05. The molecule has 0 amide bonds. The second-order valence-corrected chi connectivity index (χ2v) is 10.6. The van der Waals surface area contributed by atoms with E-state index in [0.717, 1.165) is 26.4 Å². The Bertz CT molecular complexity index is 357. The Balaban J connectivity index is 0. The Morgan fingerprint density at radius 3 is 1.11 bits per heavy atom. The highest BCUT2D eigenvalue weighted by atomic mass is 79.9. The van der Waals surface area contributed by atoms with Crippen molar-refractivity contribution >= 4 is 0 Å². The van der Waals surface area contributed by atoms with E-state index in [9.17, 15) is 0 Å². The molecule has 0 aromatic rings. The minimum Gasteiger partial charge on any atom is -1.00 e. The van der Waals surface area contributed by atoms with E-state index in [1.54, 1.807) is 0 Å². The molecule has 0 bridgehead atoms. The van der Waals surface area contributed by atoms with E-state index in [2.05, 4.69) is 19.6 Å². The summed E-state index contributed by atoms with van der Waals surface area (Å²) in [4.78, 5) is 0. The molecule has 0 saturated heterocycles. The highest BCUT2D eigenvalue weighted by Crippen LogP contribution is 2.13. The van der Waals surface area contributed by atoms with E-state index in [-0.39, 0.29) is 23.1 Å². The van der Waals surface area contributed by atoms with E-state index >= 15 is 0 Å². The van der Waals surface area contributed by atoms with Crippen molar-refractivity contribution in [2.24, 2.45) is 0 Å². The Kier molecular flexibility index (Phi) is 36.8. The quantitative estimate of drug-likeness (QED) is 0.108. The SMILES string of the molecule is CCCCCCCCCCCCCCOCC(C[NH3+])OCCCCCCCCCCCCCC.[Br-]. The van der Waals surface area contributed by atoms with Crippen LogP contribution < -0.4 is 22.7 Å². The van der Waals surface area contributed by atoms with Gasteiger partial charge in [0.2, 0.25) is 0 Å². The average molecular weight is 565 g/mol. The fourth-order valence-corrected chi connectivity index (χ4v) is 4.67. The van der Waals surface area contributed by atoms with Crippen molar-refractivity contribution in [1.82, 2.24) is 0 Å². The molecule has 3 nitrogen and oxygen atoms in total. The van der Waals surface area contributed by atoms with Crippen LogP contribution in [0.3, 0.4) is 0 Å². The van der Waals surface area contributed by atoms with Crippen LogP contribution in [-0.4, -0.2) is 32.5 Å². The van der Waals surface area contributed by atoms with Crippen LogP contribution in [0.4, 0.5) is 0 Å². The number of quaternary nitrogens is 1. The van der Waals surface area contributed by atoms with Gasteiger partial charge in [0.25, 0.3) is 0 Å². The van der Waals surface area contributed by atoms with E-state index in [1.165, 1.54) is 154 Å². The maximum absolute atomic E-state index is 6.01. The van der Waals surface area contributed by atoms with Crippen LogP contribution >= 0.6 is 0 Å². The summed E-state index contributed by atoms with van der Waals surface area (Å²) >= 11 is 0. The molecule has 0 spiro atoms. The lowest BCUT2D eigenvalue weighted by molar-refractivity contribution is -0.388. The fraction of sp³-hybridized carbons (Fsp3) is 1.00. The highest BCUT2D eigenvalue weighted by molar-refractivity contribution is 4.55. The molecule has 0 saturated carbocycles. The normalized spacial score (nSPS) is 12.1. The first-order chi connectivity index (χ1) is 16.8. The third-order valence-corrected chi connectivity index (χ3v) is 7.12. The Hall–Kier alpha value is 0.360. The molecule has 0 aliphatic heterocycles. The molecule has 0 rings (SSSR count). The smallest absolute Gasteiger partial charge is 0.129 e. The molecule has 0 radical (unpaired) electrons. The molecule has 0 heterocycles. The highest BCUT2D eigenvalue weighted by Gasteiger charge is 2.09. The summed E-state index contributed by atoms with van der Waals surface area (Å²) in [6.07, 6.45) is 33.5. The van der Waals surface area contributed by atoms with E-state index < -0.39 is 0 Å². The molecule has 0 fully saturated rings. The Morgan fingerprint density at radius 1 is 0.457 bits per heavy atom. The first kappa shape index (κ1) is 37.5. The number of ether oxygens (including phenoxy) is 2. The zero-order chi connectivity index (χ0) is 24.8. The van der Waals surface area contributed by atoms with Crippen LogP contribution in [0.25, 0.3) is 0 Å². The van der Waals surface area contributed by atoms with E-state index in [1.807, 2.05) is 0 Å². The Morgan fingerprint density at radius 2 is 0.771 bits per heavy atom. The topological polar surface area (TPSA) is 46.1 Å². The number of hydrogen-bond acceptors (Lipinski definition) is 2. The van der Waals surface area contributed by atoms with Gasteiger partial charge in [-0.25, -0.2) is 0 Å². The van der Waals surface area contributed by atoms with Crippen molar-refractivity contribution in [2.45, 2.75) is 174 Å². The monoisotopic (exact) mass is 563 g/mol. The summed E-state index contributed by atoms with van der Waals surface area (Å²) in [5, 5.41) is 0. The molecule has 0 aliphatic carbocycles. The molecule has 3 N–H and O–H groups in total. The lowest BCUT2D eigenvalue weighted by Crippen LogP contribution is -3.00. The fourth-order valence-electron chi connectivity index (χ4n) is 4.67. The van der Waals surface area contributed by atoms with Gasteiger partial charge in [0.05, 0.1) is 6.61 Å². The van der Waals surface area contributed by atoms with Gasteiger partial charge in [-0.1, -0.05) is 155 Å². The molecular weight excluding hydrogens is 498 g/mol. The predicted octanol–water partition coefficient (Wildman–Crippen LogP) is 6.04. The summed E-state index contributed by atoms with van der Waals surface area (Å²) in [6.45, 7) is 7.88. The molecule has 214 valence electrons. The molecule has 4 heteroatoms. The average Bonchev–Trinajstić information content (AvgIpc) is 2.85. The maximum atomic E-state index is 6.01. The molecule has 0 aliphatic rings. The summed E-state index contributed by atoms with van der Waals surface area (Å²) in [6, 6.07) is 0. The van der Waals surface area contributed by atoms with Gasteiger partial charge in [0.15, 0.2) is 0 Å². The van der Waals surface area contributed by atoms with E-state index in [4.69, 9.17) is 9.47 Å². The third kappa shape index (κ3) is 32.3. The van der Waals surface area contributed by atoms with Gasteiger partial charge in [-0.15, -0.1) is 0 Å². The van der Waals surface area contributed by atoms with Crippen LogP contribution in [0, 0.1) is 0 Å². The van der Waals surface area contributed by atoms with Crippen LogP contribution in [0.1, 0.15) is 168 Å². The van der Waals surface area contributed by atoms with Crippen LogP contribution in [-0.2, 0) is 9.47 Å². The predicted molar refractivity (Wildman–Crippen MR) is 150 cm³/mol. The van der Waals surface area contributed by atoms with Gasteiger partial charge in [-0.3, -0.25) is 0 Å². The lowest BCUT2D eigenvalue weighted by atomic mass is 10.1. The van der Waals surface area contributed by atoms with Crippen molar-refractivity contribution < 1.29 is 32.2 Å². The zero-order valence-electron chi connectivity index (χ0n) is 24.3. The van der Waals surface area contributed by atoms with Crippen LogP contribution in [0.5, 0.6) is 0 Å². The van der Waals surface area contributed by atoms with Gasteiger partial charge in [0, 0.05) is 13.2 Å². The van der Waals surface area contributed by atoms with Crippen molar-refractivity contribution in [3.63, 3.8) is 0 Å². The summed E-state index contributed by atoms with van der Waals surface area (Å²) in [5.74, 6) is 0. The third-order valence-electron chi connectivity index (χ3n) is 7.12. The number of unbranched alkanes of at least 4 members (excludes halogenated alkanes) is 22. The number of halogens is 1. The van der Waals surface area contributed by atoms with Crippen molar-refractivity contribution in [1.29, 1.82) is 0 Å². The molecule has 0 aromatic carbocycles. The minimum absolute atomic E-state index is 0. The van der Waals surface area contributed by atoms with Gasteiger partial charge < -0.3 is 32.2 Å². The first-order valence-electron chi connectivity index (χ1n) is 15.8. The van der Waals surface area contributed by atoms with Gasteiger partial charge in [-0.05, 0) is 12.8 Å². The summed E-state index contributed by atoms with van der Waals surface area (Å²) in [7, 11) is 0. The van der Waals surface area contributed by atoms with Crippen LogP contribution in [0.15, 0.2) is 0 Å². The zero-order valence-corrected chi connectivity index (χ0v) is 25.9. The molecule has 1 atom stereocenters. The van der Waals surface area contributed by atoms with E-state index in [0.29, 0.717) is 0 Å². The first-order valence-corrected chi connectivity index (χ1v) is 15.8. The van der Waals surface area contributed by atoms with Crippen LogP contribution in [0.2, 0.25) is 0 Å². The Labute approximate surface area is 232 Å². The van der Waals surface area contributed by atoms with Gasteiger partial charge in [0.1, 0.15) is 12.6 Å².